The lowest BCUT2D eigenvalue weighted by Crippen LogP contribution is -2.30. The summed E-state index contributed by atoms with van der Waals surface area (Å²) in [6, 6.07) is 12.6. The van der Waals surface area contributed by atoms with Gasteiger partial charge >= 0.3 is 0 Å². The fourth-order valence-corrected chi connectivity index (χ4v) is 4.39. The number of fused-ring (bicyclic) bond motifs is 6. The highest BCUT2D eigenvalue weighted by atomic mass is 16.6. The van der Waals surface area contributed by atoms with E-state index in [0.29, 0.717) is 0 Å². The minimum Gasteiger partial charge on any atom is -0.387 e. The number of epoxide rings is 1. The molecule has 1 aliphatic heterocycles. The van der Waals surface area contributed by atoms with E-state index in [2.05, 4.69) is 43.3 Å². The number of hydrogen-bond donors (Lipinski definition) is 2. The predicted octanol–water partition coefficient (Wildman–Crippen LogP) is 3.46. The van der Waals surface area contributed by atoms with Crippen molar-refractivity contribution < 1.29 is 14.9 Å². The smallest absolute Gasteiger partial charge is 0.118 e. The summed E-state index contributed by atoms with van der Waals surface area (Å²) in [4.78, 5) is 0. The summed E-state index contributed by atoms with van der Waals surface area (Å²) < 4.78 is 5.67. The van der Waals surface area contributed by atoms with E-state index >= 15 is 0 Å². The first-order valence-corrected chi connectivity index (χ1v) is 8.05. The molecular weight excluding hydrogens is 288 g/mol. The molecule has 1 aliphatic carbocycles. The van der Waals surface area contributed by atoms with Gasteiger partial charge in [0.15, 0.2) is 0 Å². The minimum atomic E-state index is -0.872. The molecule has 3 heteroatoms. The SMILES string of the molecule is Cc1c2c(c(C)c3c1ccc1ccccc13)[C@@H]1O[C@@H]1[C@H](O)[C@H]2O. The lowest BCUT2D eigenvalue weighted by molar-refractivity contribution is -0.000298. The molecule has 0 aromatic heterocycles. The molecule has 1 fully saturated rings. The Balaban J connectivity index is 1.98. The van der Waals surface area contributed by atoms with Gasteiger partial charge in [-0.3, -0.25) is 0 Å². The minimum absolute atomic E-state index is 0.0783. The van der Waals surface area contributed by atoms with Crippen molar-refractivity contribution in [1.29, 1.82) is 0 Å². The fraction of sp³-hybridized carbons (Fsp3) is 0.300. The van der Waals surface area contributed by atoms with Crippen LogP contribution in [-0.2, 0) is 4.74 Å². The Hall–Kier alpha value is -1.94. The molecule has 2 aliphatic rings. The summed E-state index contributed by atoms with van der Waals surface area (Å²) in [6.45, 7) is 4.14. The van der Waals surface area contributed by atoms with E-state index in [1.165, 1.54) is 16.2 Å². The predicted molar refractivity (Wildman–Crippen MR) is 89.5 cm³/mol. The maximum Gasteiger partial charge on any atom is 0.118 e. The van der Waals surface area contributed by atoms with Crippen LogP contribution in [0.3, 0.4) is 0 Å². The molecule has 0 saturated carbocycles. The maximum atomic E-state index is 10.6. The largest absolute Gasteiger partial charge is 0.387 e. The van der Waals surface area contributed by atoms with Crippen LogP contribution in [0, 0.1) is 13.8 Å². The van der Waals surface area contributed by atoms with E-state index in [9.17, 15) is 10.2 Å². The molecule has 3 aromatic rings. The van der Waals surface area contributed by atoms with Crippen molar-refractivity contribution in [3.63, 3.8) is 0 Å². The summed E-state index contributed by atoms with van der Waals surface area (Å²) in [6.07, 6.45) is -2.04. The van der Waals surface area contributed by atoms with Gasteiger partial charge in [0.25, 0.3) is 0 Å². The third-order valence-electron chi connectivity index (χ3n) is 5.57. The van der Waals surface area contributed by atoms with E-state index < -0.39 is 12.2 Å². The molecule has 0 spiro atoms. The summed E-state index contributed by atoms with van der Waals surface area (Å²) in [7, 11) is 0. The Morgan fingerprint density at radius 3 is 2.48 bits per heavy atom. The number of aliphatic hydroxyl groups is 2. The molecule has 2 N–H and O–H groups in total. The van der Waals surface area contributed by atoms with Gasteiger partial charge in [-0.15, -0.1) is 0 Å². The monoisotopic (exact) mass is 306 g/mol. The van der Waals surface area contributed by atoms with Gasteiger partial charge in [-0.1, -0.05) is 36.4 Å². The molecule has 5 rings (SSSR count). The number of aliphatic hydroxyl groups excluding tert-OH is 2. The number of ether oxygens (including phenoxy) is 1. The van der Waals surface area contributed by atoms with Gasteiger partial charge in [-0.2, -0.15) is 0 Å². The lowest BCUT2D eigenvalue weighted by Gasteiger charge is -2.28. The van der Waals surface area contributed by atoms with E-state index in [0.717, 1.165) is 27.6 Å². The van der Waals surface area contributed by atoms with Gasteiger partial charge in [-0.05, 0) is 57.6 Å². The zero-order valence-corrected chi connectivity index (χ0v) is 13.1. The van der Waals surface area contributed by atoms with Crippen LogP contribution in [0.15, 0.2) is 36.4 Å². The highest BCUT2D eigenvalue weighted by molar-refractivity contribution is 6.11. The molecule has 23 heavy (non-hydrogen) atoms. The van der Waals surface area contributed by atoms with Gasteiger partial charge in [0.1, 0.15) is 24.4 Å². The van der Waals surface area contributed by atoms with Crippen molar-refractivity contribution in [2.45, 2.75) is 38.3 Å². The second kappa shape index (κ2) is 4.32. The molecule has 1 saturated heterocycles. The quantitative estimate of drug-likeness (QED) is 0.494. The molecule has 3 aromatic carbocycles. The summed E-state index contributed by atoms with van der Waals surface area (Å²) in [5.41, 5.74) is 4.15. The normalized spacial score (nSPS) is 28.7. The second-order valence-corrected chi connectivity index (χ2v) is 6.74. The molecular formula is C20H18O3. The first-order valence-electron chi connectivity index (χ1n) is 8.05. The molecule has 0 radical (unpaired) electrons. The Morgan fingerprint density at radius 1 is 0.870 bits per heavy atom. The molecule has 116 valence electrons. The van der Waals surface area contributed by atoms with Gasteiger partial charge in [0, 0.05) is 0 Å². The van der Waals surface area contributed by atoms with Crippen LogP contribution in [0.1, 0.15) is 34.5 Å². The Labute approximate surface area is 134 Å². The van der Waals surface area contributed by atoms with E-state index in [4.69, 9.17) is 4.74 Å². The van der Waals surface area contributed by atoms with Gasteiger partial charge < -0.3 is 14.9 Å². The number of rotatable bonds is 0. The molecule has 0 amide bonds. The Bertz CT molecular complexity index is 976. The molecule has 0 bridgehead atoms. The van der Waals surface area contributed by atoms with Crippen LogP contribution in [0.4, 0.5) is 0 Å². The van der Waals surface area contributed by atoms with Crippen molar-refractivity contribution in [2.75, 3.05) is 0 Å². The van der Waals surface area contributed by atoms with Gasteiger partial charge in [-0.25, -0.2) is 0 Å². The van der Waals surface area contributed by atoms with Gasteiger partial charge in [0.05, 0.1) is 0 Å². The van der Waals surface area contributed by atoms with Crippen molar-refractivity contribution in [2.24, 2.45) is 0 Å². The summed E-state index contributed by atoms with van der Waals surface area (Å²) >= 11 is 0. The molecule has 3 nitrogen and oxygen atoms in total. The first-order chi connectivity index (χ1) is 11.1. The van der Waals surface area contributed by atoms with Crippen molar-refractivity contribution in [3.05, 3.63) is 58.7 Å². The lowest BCUT2D eigenvalue weighted by atomic mass is 9.79. The van der Waals surface area contributed by atoms with E-state index in [-0.39, 0.29) is 12.2 Å². The van der Waals surface area contributed by atoms with Crippen LogP contribution >= 0.6 is 0 Å². The van der Waals surface area contributed by atoms with E-state index in [1.807, 2.05) is 6.92 Å². The maximum absolute atomic E-state index is 10.6. The molecule has 0 unspecified atom stereocenters. The summed E-state index contributed by atoms with van der Waals surface area (Å²) in [5, 5.41) is 25.6. The zero-order chi connectivity index (χ0) is 15.9. The van der Waals surface area contributed by atoms with Gasteiger partial charge in [0.2, 0.25) is 0 Å². The zero-order valence-electron chi connectivity index (χ0n) is 13.1. The fourth-order valence-electron chi connectivity index (χ4n) is 4.39. The Morgan fingerprint density at radius 2 is 1.65 bits per heavy atom. The number of hydrogen-bond acceptors (Lipinski definition) is 3. The average Bonchev–Trinajstić information content (AvgIpc) is 3.35. The van der Waals surface area contributed by atoms with Crippen LogP contribution in [0.2, 0.25) is 0 Å². The van der Waals surface area contributed by atoms with Crippen molar-refractivity contribution in [1.82, 2.24) is 0 Å². The highest BCUT2D eigenvalue weighted by Gasteiger charge is 2.55. The topological polar surface area (TPSA) is 53.0 Å². The number of benzene rings is 3. The van der Waals surface area contributed by atoms with E-state index in [1.54, 1.807) is 0 Å². The molecule has 1 heterocycles. The third-order valence-corrected chi connectivity index (χ3v) is 5.57. The Kier molecular flexibility index (Phi) is 2.54. The van der Waals surface area contributed by atoms with Crippen LogP contribution in [0.25, 0.3) is 21.5 Å². The highest BCUT2D eigenvalue weighted by Crippen LogP contribution is 2.54. The van der Waals surface area contributed by atoms with Crippen LogP contribution < -0.4 is 0 Å². The second-order valence-electron chi connectivity index (χ2n) is 6.74. The van der Waals surface area contributed by atoms with Crippen LogP contribution in [-0.4, -0.2) is 22.4 Å². The van der Waals surface area contributed by atoms with Crippen molar-refractivity contribution in [3.8, 4) is 0 Å². The standard InChI is InChI=1S/C20H18O3/c1-9-12-8-7-11-5-3-4-6-13(11)14(12)10(2)16-15(9)17(21)18(22)20-19(16)23-20/h3-8,17-22H,1-2H3/t17-,18+,19-,20+/m0/s1. The third kappa shape index (κ3) is 1.59. The number of aryl methyl sites for hydroxylation is 2. The summed E-state index contributed by atoms with van der Waals surface area (Å²) in [5.74, 6) is 0. The average molecular weight is 306 g/mol. The molecule has 4 atom stereocenters. The first kappa shape index (κ1) is 13.5. The van der Waals surface area contributed by atoms with Crippen molar-refractivity contribution >= 4 is 21.5 Å². The van der Waals surface area contributed by atoms with Crippen LogP contribution in [0.5, 0.6) is 0 Å².